The van der Waals surface area contributed by atoms with E-state index in [4.69, 9.17) is 10.5 Å². The highest BCUT2D eigenvalue weighted by Gasteiger charge is 2.13. The van der Waals surface area contributed by atoms with Crippen molar-refractivity contribution in [2.45, 2.75) is 104 Å². The SMILES string of the molecule is CCCCCCCCCCCCCC(OCC)N(C)CCCN. The zero-order valence-corrected chi connectivity index (χ0v) is 16.3. The van der Waals surface area contributed by atoms with E-state index in [0.717, 1.165) is 32.5 Å². The molecular weight excluding hydrogens is 284 g/mol. The maximum absolute atomic E-state index is 5.88. The van der Waals surface area contributed by atoms with Gasteiger partial charge in [-0.05, 0) is 39.8 Å². The van der Waals surface area contributed by atoms with Gasteiger partial charge in [-0.3, -0.25) is 4.90 Å². The average Bonchev–Trinajstić information content (AvgIpc) is 2.56. The summed E-state index contributed by atoms with van der Waals surface area (Å²) in [5, 5.41) is 0. The number of nitrogens with two attached hydrogens (primary N) is 1. The van der Waals surface area contributed by atoms with Gasteiger partial charge in [0.05, 0.1) is 0 Å². The van der Waals surface area contributed by atoms with Gasteiger partial charge in [0.2, 0.25) is 0 Å². The minimum absolute atomic E-state index is 0.283. The minimum Gasteiger partial charge on any atom is -0.363 e. The van der Waals surface area contributed by atoms with E-state index in [0.29, 0.717) is 0 Å². The maximum atomic E-state index is 5.88. The van der Waals surface area contributed by atoms with Crippen molar-refractivity contribution in [3.05, 3.63) is 0 Å². The van der Waals surface area contributed by atoms with Crippen molar-refractivity contribution >= 4 is 0 Å². The van der Waals surface area contributed by atoms with Crippen LogP contribution in [0.5, 0.6) is 0 Å². The fourth-order valence-corrected chi connectivity index (χ4v) is 3.09. The molecule has 0 spiro atoms. The third-order valence-electron chi connectivity index (χ3n) is 4.62. The predicted octanol–water partition coefficient (Wildman–Crippen LogP) is 5.33. The number of ether oxygens (including phenoxy) is 1. The van der Waals surface area contributed by atoms with E-state index in [1.165, 1.54) is 70.6 Å². The standard InChI is InChI=1S/C20H44N2O/c1-4-6-7-8-9-10-11-12-13-14-15-17-20(23-5-2)22(3)19-16-18-21/h20H,4-19,21H2,1-3H3. The fraction of sp³-hybridized carbons (Fsp3) is 1.00. The van der Waals surface area contributed by atoms with Gasteiger partial charge in [0.1, 0.15) is 6.23 Å². The molecule has 3 nitrogen and oxygen atoms in total. The van der Waals surface area contributed by atoms with Gasteiger partial charge in [0.15, 0.2) is 0 Å². The van der Waals surface area contributed by atoms with Crippen LogP contribution in [-0.4, -0.2) is 37.9 Å². The number of nitrogens with zero attached hydrogens (tertiary/aromatic N) is 1. The molecular formula is C20H44N2O. The van der Waals surface area contributed by atoms with Crippen molar-refractivity contribution in [1.82, 2.24) is 4.90 Å². The Labute approximate surface area is 146 Å². The molecule has 0 saturated carbocycles. The Morgan fingerprint density at radius 3 is 1.78 bits per heavy atom. The van der Waals surface area contributed by atoms with Crippen LogP contribution in [0.15, 0.2) is 0 Å². The van der Waals surface area contributed by atoms with E-state index in [1.54, 1.807) is 0 Å². The topological polar surface area (TPSA) is 38.5 Å². The first-order chi connectivity index (χ1) is 11.3. The molecule has 1 atom stereocenters. The van der Waals surface area contributed by atoms with Crippen LogP contribution in [0.25, 0.3) is 0 Å². The van der Waals surface area contributed by atoms with Crippen molar-refractivity contribution in [1.29, 1.82) is 0 Å². The first kappa shape index (κ1) is 22.9. The summed E-state index contributed by atoms with van der Waals surface area (Å²) in [5.74, 6) is 0. The molecule has 0 aromatic rings. The van der Waals surface area contributed by atoms with Crippen LogP contribution in [0.4, 0.5) is 0 Å². The quantitative estimate of drug-likeness (QED) is 0.273. The lowest BCUT2D eigenvalue weighted by atomic mass is 10.0. The highest BCUT2D eigenvalue weighted by molar-refractivity contribution is 4.60. The van der Waals surface area contributed by atoms with Crippen LogP contribution in [-0.2, 0) is 4.74 Å². The lowest BCUT2D eigenvalue weighted by Gasteiger charge is -2.27. The summed E-state index contributed by atoms with van der Waals surface area (Å²) in [6.07, 6.45) is 17.9. The summed E-state index contributed by atoms with van der Waals surface area (Å²) in [6.45, 7) is 6.98. The van der Waals surface area contributed by atoms with Crippen LogP contribution in [0, 0.1) is 0 Å². The van der Waals surface area contributed by atoms with Crippen molar-refractivity contribution < 1.29 is 4.74 Å². The Bertz CT molecular complexity index is 224. The molecule has 0 aliphatic rings. The van der Waals surface area contributed by atoms with Gasteiger partial charge in [0.25, 0.3) is 0 Å². The molecule has 1 unspecified atom stereocenters. The Kier molecular flexibility index (Phi) is 18.1. The van der Waals surface area contributed by atoms with Gasteiger partial charge in [-0.1, -0.05) is 71.1 Å². The zero-order chi connectivity index (χ0) is 17.2. The van der Waals surface area contributed by atoms with Gasteiger partial charge in [-0.15, -0.1) is 0 Å². The molecule has 3 heteroatoms. The number of hydrogen-bond acceptors (Lipinski definition) is 3. The Hall–Kier alpha value is -0.120. The Morgan fingerprint density at radius 2 is 1.30 bits per heavy atom. The summed E-state index contributed by atoms with van der Waals surface area (Å²) in [5.41, 5.74) is 5.60. The second-order valence-electron chi connectivity index (χ2n) is 6.86. The molecule has 0 fully saturated rings. The lowest BCUT2D eigenvalue weighted by Crippen LogP contribution is -2.35. The molecule has 0 amide bonds. The van der Waals surface area contributed by atoms with Gasteiger partial charge in [-0.25, -0.2) is 0 Å². The van der Waals surface area contributed by atoms with Crippen molar-refractivity contribution in [2.75, 3.05) is 26.7 Å². The third-order valence-corrected chi connectivity index (χ3v) is 4.62. The molecule has 0 rings (SSSR count). The molecule has 2 N–H and O–H groups in total. The molecule has 0 radical (unpaired) electrons. The van der Waals surface area contributed by atoms with Gasteiger partial charge in [-0.2, -0.15) is 0 Å². The molecule has 0 bridgehead atoms. The second-order valence-corrected chi connectivity index (χ2v) is 6.86. The first-order valence-electron chi connectivity index (χ1n) is 10.3. The van der Waals surface area contributed by atoms with Crippen LogP contribution >= 0.6 is 0 Å². The van der Waals surface area contributed by atoms with E-state index < -0.39 is 0 Å². The summed E-state index contributed by atoms with van der Waals surface area (Å²) in [6, 6.07) is 0. The highest BCUT2D eigenvalue weighted by Crippen LogP contribution is 2.14. The monoisotopic (exact) mass is 328 g/mol. The van der Waals surface area contributed by atoms with E-state index >= 15 is 0 Å². The summed E-state index contributed by atoms with van der Waals surface area (Å²) in [7, 11) is 2.16. The van der Waals surface area contributed by atoms with Crippen molar-refractivity contribution in [3.8, 4) is 0 Å². The largest absolute Gasteiger partial charge is 0.363 e. The highest BCUT2D eigenvalue weighted by atomic mass is 16.5. The molecule has 23 heavy (non-hydrogen) atoms. The van der Waals surface area contributed by atoms with Crippen molar-refractivity contribution in [2.24, 2.45) is 5.73 Å². The van der Waals surface area contributed by atoms with E-state index in [-0.39, 0.29) is 6.23 Å². The number of rotatable bonds is 18. The number of hydrogen-bond donors (Lipinski definition) is 1. The molecule has 0 aromatic heterocycles. The Morgan fingerprint density at radius 1 is 0.783 bits per heavy atom. The smallest absolute Gasteiger partial charge is 0.110 e. The molecule has 0 aromatic carbocycles. The Balaban J connectivity index is 3.48. The van der Waals surface area contributed by atoms with E-state index in [9.17, 15) is 0 Å². The third kappa shape index (κ3) is 15.2. The minimum atomic E-state index is 0.283. The summed E-state index contributed by atoms with van der Waals surface area (Å²) >= 11 is 0. The van der Waals surface area contributed by atoms with Gasteiger partial charge in [0, 0.05) is 13.2 Å². The first-order valence-corrected chi connectivity index (χ1v) is 10.3. The molecule has 140 valence electrons. The van der Waals surface area contributed by atoms with Crippen molar-refractivity contribution in [3.63, 3.8) is 0 Å². The molecule has 0 heterocycles. The number of unbranched alkanes of at least 4 members (excludes halogenated alkanes) is 10. The molecule has 0 saturated heterocycles. The lowest BCUT2D eigenvalue weighted by molar-refractivity contribution is -0.0482. The summed E-state index contributed by atoms with van der Waals surface area (Å²) < 4.78 is 5.88. The second kappa shape index (κ2) is 18.2. The fourth-order valence-electron chi connectivity index (χ4n) is 3.09. The van der Waals surface area contributed by atoms with Crippen LogP contribution < -0.4 is 5.73 Å². The van der Waals surface area contributed by atoms with Crippen LogP contribution in [0.2, 0.25) is 0 Å². The average molecular weight is 329 g/mol. The normalized spacial score (nSPS) is 12.9. The van der Waals surface area contributed by atoms with E-state index in [2.05, 4.69) is 25.8 Å². The molecule has 0 aliphatic heterocycles. The summed E-state index contributed by atoms with van der Waals surface area (Å²) in [4.78, 5) is 2.33. The van der Waals surface area contributed by atoms with Gasteiger partial charge >= 0.3 is 0 Å². The van der Waals surface area contributed by atoms with E-state index in [1.807, 2.05) is 0 Å². The predicted molar refractivity (Wildman–Crippen MR) is 103 cm³/mol. The van der Waals surface area contributed by atoms with Gasteiger partial charge < -0.3 is 10.5 Å². The van der Waals surface area contributed by atoms with Crippen LogP contribution in [0.1, 0.15) is 97.3 Å². The maximum Gasteiger partial charge on any atom is 0.110 e. The molecule has 0 aliphatic carbocycles. The van der Waals surface area contributed by atoms with Crippen LogP contribution in [0.3, 0.4) is 0 Å². The zero-order valence-electron chi connectivity index (χ0n) is 16.3.